The van der Waals surface area contributed by atoms with Crippen molar-refractivity contribution in [2.75, 3.05) is 6.61 Å². The summed E-state index contributed by atoms with van der Waals surface area (Å²) < 4.78 is 12.7. The lowest BCUT2D eigenvalue weighted by molar-refractivity contribution is -0.140. The molecule has 32 heavy (non-hydrogen) atoms. The summed E-state index contributed by atoms with van der Waals surface area (Å²) in [6.07, 6.45) is 6.62. The number of imide groups is 1. The molecule has 2 amide bonds. The maximum atomic E-state index is 12.8. The van der Waals surface area contributed by atoms with E-state index in [0.717, 1.165) is 26.1 Å². The minimum atomic E-state index is -0.248. The number of rotatable bonds is 7. The molecular weight excluding hydrogens is 519 g/mol. The first-order chi connectivity index (χ1) is 15.6. The number of benzene rings is 2. The predicted octanol–water partition coefficient (Wildman–Crippen LogP) is 4.41. The van der Waals surface area contributed by atoms with Crippen LogP contribution in [0.3, 0.4) is 0 Å². The molecule has 1 saturated heterocycles. The van der Waals surface area contributed by atoms with Gasteiger partial charge in [0.2, 0.25) is 0 Å². The first-order valence-corrected chi connectivity index (χ1v) is 11.9. The number of ether oxygens (including phenoxy) is 2. The van der Waals surface area contributed by atoms with Gasteiger partial charge in [0.25, 0.3) is 11.8 Å². The van der Waals surface area contributed by atoms with Gasteiger partial charge in [0.15, 0.2) is 11.5 Å². The van der Waals surface area contributed by atoms with E-state index in [0.29, 0.717) is 24.7 Å². The van der Waals surface area contributed by atoms with Crippen LogP contribution in [0.1, 0.15) is 24.5 Å². The Bertz CT molecular complexity index is 1080. The molecule has 2 aliphatic carbocycles. The summed E-state index contributed by atoms with van der Waals surface area (Å²) in [4.78, 5) is 25.7. The molecule has 0 N–H and O–H groups in total. The van der Waals surface area contributed by atoms with Gasteiger partial charge in [-0.05, 0) is 71.0 Å². The van der Waals surface area contributed by atoms with E-state index in [1.807, 2.05) is 49.4 Å². The Hall–Kier alpha value is -2.68. The van der Waals surface area contributed by atoms with E-state index in [9.17, 15) is 9.59 Å². The molecule has 0 unspecified atom stereocenters. The Morgan fingerprint density at radius 1 is 1.06 bits per heavy atom. The topological polar surface area (TPSA) is 68.2 Å². The second kappa shape index (κ2) is 8.69. The third-order valence-electron chi connectivity index (χ3n) is 6.33. The number of allylic oxidation sites excluding steroid dienone is 2. The van der Waals surface area contributed by atoms with E-state index in [4.69, 9.17) is 9.47 Å². The molecule has 2 aromatic carbocycles. The van der Waals surface area contributed by atoms with Crippen molar-refractivity contribution in [2.45, 2.75) is 20.0 Å². The zero-order chi connectivity index (χ0) is 22.2. The van der Waals surface area contributed by atoms with Gasteiger partial charge in [0.05, 0.1) is 28.2 Å². The highest BCUT2D eigenvalue weighted by molar-refractivity contribution is 14.1. The molecule has 2 fully saturated rings. The predicted molar refractivity (Wildman–Crippen MR) is 128 cm³/mol. The lowest BCUT2D eigenvalue weighted by atomic mass is 9.85. The maximum absolute atomic E-state index is 12.8. The highest BCUT2D eigenvalue weighted by Crippen LogP contribution is 2.52. The van der Waals surface area contributed by atoms with Crippen molar-refractivity contribution in [3.8, 4) is 11.5 Å². The van der Waals surface area contributed by atoms with Crippen LogP contribution in [0, 0.1) is 27.2 Å². The lowest BCUT2D eigenvalue weighted by Crippen LogP contribution is -2.28. The van der Waals surface area contributed by atoms with E-state index < -0.39 is 0 Å². The fourth-order valence-electron chi connectivity index (χ4n) is 4.92. The molecule has 1 saturated carbocycles. The van der Waals surface area contributed by atoms with Crippen LogP contribution < -0.4 is 9.47 Å². The van der Waals surface area contributed by atoms with Crippen LogP contribution in [0.2, 0.25) is 0 Å². The van der Waals surface area contributed by atoms with E-state index in [1.165, 1.54) is 0 Å². The third kappa shape index (κ3) is 3.72. The molecule has 1 heterocycles. The fourth-order valence-corrected chi connectivity index (χ4v) is 5.70. The van der Waals surface area contributed by atoms with Crippen LogP contribution in [0.5, 0.6) is 11.5 Å². The Morgan fingerprint density at radius 2 is 1.75 bits per heavy atom. The van der Waals surface area contributed by atoms with Gasteiger partial charge >= 0.3 is 0 Å². The zero-order valence-corrected chi connectivity index (χ0v) is 19.8. The van der Waals surface area contributed by atoms with E-state index in [2.05, 4.69) is 39.8 Å². The van der Waals surface area contributed by atoms with Crippen LogP contribution in [-0.4, -0.2) is 29.6 Å². The number of carbonyl (C=O) groups excluding carboxylic acids is 2. The van der Waals surface area contributed by atoms with Crippen LogP contribution in [0.15, 0.2) is 59.7 Å². The number of halogens is 1. The van der Waals surface area contributed by atoms with Crippen LogP contribution in [0.4, 0.5) is 0 Å². The normalized spacial score (nSPS) is 25.8. The van der Waals surface area contributed by atoms with E-state index in [1.54, 1.807) is 6.21 Å². The van der Waals surface area contributed by atoms with Gasteiger partial charge in [-0.15, -0.1) is 0 Å². The number of hydrogen-bond donors (Lipinski definition) is 0. The first kappa shape index (κ1) is 21.2. The van der Waals surface area contributed by atoms with Crippen molar-refractivity contribution in [1.29, 1.82) is 0 Å². The van der Waals surface area contributed by atoms with Gasteiger partial charge in [-0.1, -0.05) is 42.5 Å². The van der Waals surface area contributed by atoms with Gasteiger partial charge in [-0.2, -0.15) is 10.1 Å². The highest BCUT2D eigenvalue weighted by Gasteiger charge is 2.59. The smallest absolute Gasteiger partial charge is 0.254 e. The molecule has 4 atom stereocenters. The molecule has 1 aliphatic heterocycles. The summed E-state index contributed by atoms with van der Waals surface area (Å²) in [6, 6.07) is 13.7. The molecule has 0 spiro atoms. The summed E-state index contributed by atoms with van der Waals surface area (Å²) in [6.45, 7) is 2.83. The molecular formula is C25H23IN2O4. The van der Waals surface area contributed by atoms with Crippen LogP contribution in [-0.2, 0) is 16.2 Å². The van der Waals surface area contributed by atoms with E-state index in [-0.39, 0.29) is 35.5 Å². The molecule has 0 radical (unpaired) electrons. The van der Waals surface area contributed by atoms with Crippen molar-refractivity contribution in [3.05, 3.63) is 69.3 Å². The molecule has 2 aromatic rings. The summed E-state index contributed by atoms with van der Waals surface area (Å²) >= 11 is 2.20. The van der Waals surface area contributed by atoms with Crippen molar-refractivity contribution in [2.24, 2.45) is 28.8 Å². The molecule has 6 nitrogen and oxygen atoms in total. The average Bonchev–Trinajstić information content (AvgIpc) is 3.47. The van der Waals surface area contributed by atoms with Crippen molar-refractivity contribution in [1.82, 2.24) is 5.01 Å². The van der Waals surface area contributed by atoms with Gasteiger partial charge in [0.1, 0.15) is 6.61 Å². The SMILES string of the molecule is CCOc1cc(/C=N\N2C(=O)[C@H]3[C@H](C2=O)[C@H]2C=C[C@H]3C2)cc(I)c1OCc1ccccc1. The third-order valence-corrected chi connectivity index (χ3v) is 7.13. The van der Waals surface area contributed by atoms with Gasteiger partial charge < -0.3 is 9.47 Å². The summed E-state index contributed by atoms with van der Waals surface area (Å²) in [5.74, 6) is 0.756. The van der Waals surface area contributed by atoms with Gasteiger partial charge in [-0.25, -0.2) is 0 Å². The lowest BCUT2D eigenvalue weighted by Gasteiger charge is -2.15. The standard InChI is InChI=1S/C25H23IN2O4/c1-2-31-20-11-16(10-19(26)23(20)32-14-15-6-4-3-5-7-15)13-27-28-24(29)21-17-8-9-18(12-17)22(21)25(28)30/h3-11,13,17-18,21-22H,2,12,14H2,1H3/b27-13-/t17-,18-,21+,22+/m0/s1. The summed E-state index contributed by atoms with van der Waals surface area (Å²) in [7, 11) is 0. The molecule has 164 valence electrons. The first-order valence-electron chi connectivity index (χ1n) is 10.8. The Balaban J connectivity index is 1.35. The summed E-state index contributed by atoms with van der Waals surface area (Å²) in [5, 5.41) is 5.35. The number of hydrogen-bond acceptors (Lipinski definition) is 5. The van der Waals surface area contributed by atoms with Crippen molar-refractivity contribution in [3.63, 3.8) is 0 Å². The maximum Gasteiger partial charge on any atom is 0.254 e. The minimum Gasteiger partial charge on any atom is -0.490 e. The zero-order valence-electron chi connectivity index (χ0n) is 17.6. The van der Waals surface area contributed by atoms with Crippen molar-refractivity contribution >= 4 is 40.6 Å². The minimum absolute atomic E-state index is 0.174. The molecule has 3 aliphatic rings. The molecule has 7 heteroatoms. The van der Waals surface area contributed by atoms with Gasteiger partial charge in [-0.3, -0.25) is 9.59 Å². The Morgan fingerprint density at radius 3 is 2.41 bits per heavy atom. The highest BCUT2D eigenvalue weighted by atomic mass is 127. The fraction of sp³-hybridized carbons (Fsp3) is 0.320. The monoisotopic (exact) mass is 542 g/mol. The second-order valence-corrected chi connectivity index (χ2v) is 9.43. The van der Waals surface area contributed by atoms with Crippen LogP contribution >= 0.6 is 22.6 Å². The average molecular weight is 542 g/mol. The summed E-state index contributed by atoms with van der Waals surface area (Å²) in [5.41, 5.74) is 1.81. The second-order valence-electron chi connectivity index (χ2n) is 8.27. The molecule has 5 rings (SSSR count). The Kier molecular flexibility index (Phi) is 5.75. The van der Waals surface area contributed by atoms with Crippen molar-refractivity contribution < 1.29 is 19.1 Å². The number of fused-ring (bicyclic) bond motifs is 5. The largest absolute Gasteiger partial charge is 0.490 e. The van der Waals surface area contributed by atoms with Gasteiger partial charge in [0, 0.05) is 0 Å². The number of hydrazone groups is 1. The quantitative estimate of drug-likeness (QED) is 0.225. The molecule has 2 bridgehead atoms. The van der Waals surface area contributed by atoms with Crippen LogP contribution in [0.25, 0.3) is 0 Å². The van der Waals surface area contributed by atoms with E-state index >= 15 is 0 Å². The molecule has 0 aromatic heterocycles. The number of carbonyl (C=O) groups is 2. The number of amides is 2. The number of nitrogens with zero attached hydrogens (tertiary/aromatic N) is 2. The Labute approximate surface area is 200 Å².